The minimum Gasteiger partial charge on any atom is -0.397 e. The first-order chi connectivity index (χ1) is 21.1. The maximum atomic E-state index is 12.9. The molecule has 0 bridgehead atoms. The Balaban J connectivity index is 0.000000842. The number of benzene rings is 2. The Morgan fingerprint density at radius 1 is 0.556 bits per heavy atom. The van der Waals surface area contributed by atoms with Crippen LogP contribution in [0.2, 0.25) is 23.2 Å². The van der Waals surface area contributed by atoms with Crippen LogP contribution in [0.3, 0.4) is 0 Å². The molecule has 0 radical (unpaired) electrons. The molecule has 0 fully saturated rings. The van der Waals surface area contributed by atoms with Crippen molar-refractivity contribution >= 4 is 40.3 Å². The van der Waals surface area contributed by atoms with Crippen LogP contribution in [-0.4, -0.2) is 68.7 Å². The first-order valence-corrected chi connectivity index (χ1v) is 19.8. The predicted molar refractivity (Wildman–Crippen MR) is 179 cm³/mol. The Morgan fingerprint density at radius 3 is 1.07 bits per heavy atom. The summed E-state index contributed by atoms with van der Waals surface area (Å²) in [5.41, 5.74) is -0.531. The van der Waals surface area contributed by atoms with Gasteiger partial charge in [-0.25, -0.2) is 0 Å². The third kappa shape index (κ3) is 11.7. The van der Waals surface area contributed by atoms with Crippen LogP contribution in [-0.2, 0) is 48.4 Å². The fourth-order valence-electron chi connectivity index (χ4n) is 5.31. The first-order valence-electron chi connectivity index (χ1n) is 15.6. The van der Waals surface area contributed by atoms with Gasteiger partial charge in [0.25, 0.3) is 0 Å². The Morgan fingerprint density at radius 2 is 0.844 bits per heavy atom. The minimum atomic E-state index is -2.92. The van der Waals surface area contributed by atoms with Crippen molar-refractivity contribution in [1.29, 1.82) is 0 Å². The number of carbonyl (C=O) groups is 4. The molecule has 0 N–H and O–H groups in total. The van der Waals surface area contributed by atoms with Gasteiger partial charge < -0.3 is 17.7 Å². The van der Waals surface area contributed by atoms with E-state index in [2.05, 4.69) is 13.8 Å². The SMILES string of the molecule is CCCC[Si](OC)(OC)C(C(=O)CC)C(=O)c1ccccc1.CCCC[Si](OC)(OC)C(C(=O)CC)C(=O)c1ccccc1.[Pt+2]. The van der Waals surface area contributed by atoms with Crippen molar-refractivity contribution in [2.24, 2.45) is 0 Å². The Labute approximate surface area is 286 Å². The van der Waals surface area contributed by atoms with Gasteiger partial charge in [0.15, 0.2) is 11.6 Å². The molecular weight excluding hydrogens is 788 g/mol. The second kappa shape index (κ2) is 22.6. The van der Waals surface area contributed by atoms with Gasteiger partial charge in [0, 0.05) is 52.4 Å². The van der Waals surface area contributed by atoms with Gasteiger partial charge in [-0.15, -0.1) is 0 Å². The van der Waals surface area contributed by atoms with E-state index in [4.69, 9.17) is 17.7 Å². The maximum absolute atomic E-state index is 12.9. The number of unbranched alkanes of at least 4 members (excludes halogenated alkanes) is 2. The van der Waals surface area contributed by atoms with Crippen LogP contribution in [0.15, 0.2) is 60.7 Å². The zero-order valence-corrected chi connectivity index (χ0v) is 32.4. The minimum absolute atomic E-state index is 0. The normalized spacial score (nSPS) is 12.6. The molecule has 252 valence electrons. The summed E-state index contributed by atoms with van der Waals surface area (Å²) < 4.78 is 22.8. The van der Waals surface area contributed by atoms with Gasteiger partial charge in [0.2, 0.25) is 0 Å². The van der Waals surface area contributed by atoms with Crippen molar-refractivity contribution < 1.29 is 57.9 Å². The fourth-order valence-corrected chi connectivity index (χ4v) is 12.2. The molecule has 0 amide bonds. The molecule has 0 aliphatic rings. The summed E-state index contributed by atoms with van der Waals surface area (Å²) in [4.78, 5) is 50.9. The standard InChI is InChI=1S/2C17H26O4Si.Pt/c2*1-5-7-13-22(20-3,21-4)17(15(18)6-2)16(19)14-11-9-8-10-12-14;/h2*8-12,17H,5-7,13H2,1-4H3;/q;;+2. The predicted octanol–water partition coefficient (Wildman–Crippen LogP) is 7.50. The van der Waals surface area contributed by atoms with Crippen molar-refractivity contribution in [2.45, 2.75) is 89.4 Å². The zero-order chi connectivity index (χ0) is 33.2. The van der Waals surface area contributed by atoms with Crippen LogP contribution in [0.4, 0.5) is 0 Å². The van der Waals surface area contributed by atoms with Crippen LogP contribution < -0.4 is 0 Å². The Kier molecular flexibility index (Phi) is 21.6. The molecule has 0 aliphatic heterocycles. The van der Waals surface area contributed by atoms with Crippen LogP contribution >= 0.6 is 0 Å². The third-order valence-electron chi connectivity index (χ3n) is 8.00. The molecule has 2 rings (SSSR count). The average Bonchev–Trinajstić information content (AvgIpc) is 3.08. The van der Waals surface area contributed by atoms with E-state index in [1.165, 1.54) is 0 Å². The summed E-state index contributed by atoms with van der Waals surface area (Å²) in [5, 5.41) is 0. The average molecular weight is 840 g/mol. The number of ketones is 4. The van der Waals surface area contributed by atoms with E-state index in [0.29, 0.717) is 36.1 Å². The van der Waals surface area contributed by atoms with Crippen LogP contribution in [0, 0.1) is 0 Å². The van der Waals surface area contributed by atoms with E-state index in [1.54, 1.807) is 90.8 Å². The van der Waals surface area contributed by atoms with Gasteiger partial charge >= 0.3 is 38.2 Å². The zero-order valence-electron chi connectivity index (χ0n) is 28.2. The van der Waals surface area contributed by atoms with Crippen LogP contribution in [0.5, 0.6) is 0 Å². The largest absolute Gasteiger partial charge is 2.00 e. The van der Waals surface area contributed by atoms with E-state index in [-0.39, 0.29) is 44.2 Å². The maximum Gasteiger partial charge on any atom is 2.00 e. The molecule has 0 spiro atoms. The third-order valence-corrected chi connectivity index (χ3v) is 15.8. The van der Waals surface area contributed by atoms with E-state index in [0.717, 1.165) is 25.7 Å². The summed E-state index contributed by atoms with van der Waals surface area (Å²) in [7, 11) is 0.375. The van der Waals surface area contributed by atoms with Gasteiger partial charge in [-0.3, -0.25) is 19.2 Å². The van der Waals surface area contributed by atoms with E-state index < -0.39 is 28.2 Å². The molecule has 2 unspecified atom stereocenters. The molecule has 0 aromatic heterocycles. The van der Waals surface area contributed by atoms with Crippen molar-refractivity contribution in [3.8, 4) is 0 Å². The fraction of sp³-hybridized carbons (Fsp3) is 0.529. The van der Waals surface area contributed by atoms with E-state index >= 15 is 0 Å². The monoisotopic (exact) mass is 839 g/mol. The van der Waals surface area contributed by atoms with Gasteiger partial charge in [0.1, 0.15) is 22.6 Å². The molecule has 0 saturated carbocycles. The molecule has 45 heavy (non-hydrogen) atoms. The summed E-state index contributed by atoms with van der Waals surface area (Å²) in [6.45, 7) is 7.69. The van der Waals surface area contributed by atoms with Crippen molar-refractivity contribution in [2.75, 3.05) is 28.4 Å². The van der Waals surface area contributed by atoms with Crippen LogP contribution in [0.1, 0.15) is 86.9 Å². The van der Waals surface area contributed by atoms with E-state index in [1.807, 2.05) is 12.1 Å². The molecule has 0 heterocycles. The van der Waals surface area contributed by atoms with Gasteiger partial charge in [-0.05, 0) is 12.1 Å². The van der Waals surface area contributed by atoms with Crippen molar-refractivity contribution in [3.05, 3.63) is 71.8 Å². The summed E-state index contributed by atoms with van der Waals surface area (Å²) in [6, 6.07) is 19.1. The molecule has 2 aromatic carbocycles. The smallest absolute Gasteiger partial charge is 0.397 e. The molecule has 2 aromatic rings. The van der Waals surface area contributed by atoms with Gasteiger partial charge in [-0.2, -0.15) is 0 Å². The second-order valence-corrected chi connectivity index (χ2v) is 17.6. The Bertz CT molecular complexity index is 1060. The van der Waals surface area contributed by atoms with Gasteiger partial charge in [0.05, 0.1) is 0 Å². The number of rotatable bonds is 20. The van der Waals surface area contributed by atoms with E-state index in [9.17, 15) is 19.2 Å². The molecule has 2 atom stereocenters. The number of Topliss-reactive ketones (excluding diaryl/α,β-unsaturated/α-hetero) is 4. The van der Waals surface area contributed by atoms with Crippen molar-refractivity contribution in [1.82, 2.24) is 0 Å². The quantitative estimate of drug-likeness (QED) is 0.0768. The number of carbonyl (C=O) groups excluding carboxylic acids is 4. The van der Waals surface area contributed by atoms with Crippen molar-refractivity contribution in [3.63, 3.8) is 0 Å². The Hall–Kier alpha value is -1.92. The summed E-state index contributed by atoms with van der Waals surface area (Å²) >= 11 is 0. The summed E-state index contributed by atoms with van der Waals surface area (Å²) in [6.07, 6.45) is 4.29. The molecular formula is C34H52O8PtSi2+2. The number of hydrogen-bond acceptors (Lipinski definition) is 8. The molecule has 8 nitrogen and oxygen atoms in total. The van der Waals surface area contributed by atoms with Crippen LogP contribution in [0.25, 0.3) is 0 Å². The first kappa shape index (κ1) is 43.1. The van der Waals surface area contributed by atoms with Gasteiger partial charge in [-0.1, -0.05) is 114 Å². The second-order valence-electron chi connectivity index (χ2n) is 10.6. The topological polar surface area (TPSA) is 105 Å². The molecule has 11 heteroatoms. The summed E-state index contributed by atoms with van der Waals surface area (Å²) in [5.74, 6) is -0.557. The molecule has 0 aliphatic carbocycles. The molecule has 0 saturated heterocycles. The number of hydrogen-bond donors (Lipinski definition) is 0.